The van der Waals surface area contributed by atoms with Gasteiger partial charge in [0.15, 0.2) is 0 Å². The molecular weight excluding hydrogens is 548 g/mol. The van der Waals surface area contributed by atoms with E-state index in [0.717, 1.165) is 26.4 Å². The Hall–Kier alpha value is -2.36. The minimum atomic E-state index is -0.302. The first-order valence-electron chi connectivity index (χ1n) is 11.6. The number of halogens is 1. The van der Waals surface area contributed by atoms with Crippen LogP contribution in [0.2, 0.25) is 0 Å². The number of benzene rings is 2. The van der Waals surface area contributed by atoms with Crippen LogP contribution in [0.3, 0.4) is 0 Å². The standard InChI is InChI=1S/C26H21BrN2O4S2/c1-33-14-7-5-13(6-8-14)29-24(30)19-15-10-16(20(19)25(29)31)21-18(15)17(11-3-2-4-12(27)9-11)22-23(34-21)28-26(32)35-22/h2-9,15-21H,10H2,1H3,(H,28,32)/t15-,16-,17?,18?,19?,20?,21?/m1/s1. The molecule has 9 heteroatoms. The van der Waals surface area contributed by atoms with Gasteiger partial charge in [-0.2, -0.15) is 0 Å². The Morgan fingerprint density at radius 1 is 1.03 bits per heavy atom. The van der Waals surface area contributed by atoms with E-state index in [-0.39, 0.29) is 57.4 Å². The number of methoxy groups -OCH3 is 1. The predicted molar refractivity (Wildman–Crippen MR) is 138 cm³/mol. The monoisotopic (exact) mass is 568 g/mol. The molecule has 1 aromatic heterocycles. The third-order valence-electron chi connectivity index (χ3n) is 8.26. The molecule has 35 heavy (non-hydrogen) atoms. The molecule has 7 rings (SSSR count). The molecule has 4 aliphatic rings. The number of carbonyl (C=O) groups is 2. The van der Waals surface area contributed by atoms with Crippen LogP contribution in [-0.2, 0) is 9.59 Å². The molecule has 2 aliphatic carbocycles. The number of aromatic amines is 1. The Bertz CT molecular complexity index is 1430. The van der Waals surface area contributed by atoms with Crippen molar-refractivity contribution in [1.82, 2.24) is 4.98 Å². The summed E-state index contributed by atoms with van der Waals surface area (Å²) in [6.45, 7) is 0. The maximum absolute atomic E-state index is 13.8. The fourth-order valence-corrected chi connectivity index (χ4v) is 10.4. The summed E-state index contributed by atoms with van der Waals surface area (Å²) in [5.41, 5.74) is 1.76. The van der Waals surface area contributed by atoms with Gasteiger partial charge in [0.05, 0.1) is 29.7 Å². The Labute approximate surface area is 218 Å². The van der Waals surface area contributed by atoms with E-state index in [1.165, 1.54) is 16.2 Å². The Morgan fingerprint density at radius 3 is 2.49 bits per heavy atom. The van der Waals surface area contributed by atoms with Crippen LogP contribution in [0, 0.1) is 29.6 Å². The van der Waals surface area contributed by atoms with Crippen molar-refractivity contribution in [3.8, 4) is 5.75 Å². The minimum absolute atomic E-state index is 0.0339. The van der Waals surface area contributed by atoms with Gasteiger partial charge in [-0.05, 0) is 66.1 Å². The van der Waals surface area contributed by atoms with Crippen LogP contribution in [0.15, 0.2) is 62.8 Å². The van der Waals surface area contributed by atoms with E-state index in [0.29, 0.717) is 11.4 Å². The highest BCUT2D eigenvalue weighted by atomic mass is 79.9. The topological polar surface area (TPSA) is 79.5 Å². The van der Waals surface area contributed by atoms with Crippen molar-refractivity contribution in [3.63, 3.8) is 0 Å². The van der Waals surface area contributed by atoms with Crippen LogP contribution < -0.4 is 14.5 Å². The molecular formula is C26H21BrN2O4S2. The van der Waals surface area contributed by atoms with Crippen molar-refractivity contribution in [2.45, 2.75) is 22.6 Å². The zero-order valence-electron chi connectivity index (χ0n) is 18.6. The highest BCUT2D eigenvalue weighted by Crippen LogP contribution is 2.68. The third kappa shape index (κ3) is 3.04. The van der Waals surface area contributed by atoms with Gasteiger partial charge in [0.2, 0.25) is 11.8 Å². The molecule has 3 heterocycles. The normalized spacial score (nSPS) is 32.5. The van der Waals surface area contributed by atoms with Crippen molar-refractivity contribution in [2.24, 2.45) is 29.6 Å². The number of carbonyl (C=O) groups excluding carboxylic acids is 2. The number of hydrogen-bond donors (Lipinski definition) is 1. The average Bonchev–Trinajstić information content (AvgIpc) is 3.58. The molecule has 2 saturated carbocycles. The molecule has 0 radical (unpaired) electrons. The van der Waals surface area contributed by atoms with Gasteiger partial charge >= 0.3 is 4.87 Å². The molecule has 1 saturated heterocycles. The van der Waals surface area contributed by atoms with Crippen molar-refractivity contribution in [1.29, 1.82) is 0 Å². The highest BCUT2D eigenvalue weighted by Gasteiger charge is 2.69. The van der Waals surface area contributed by atoms with Gasteiger partial charge in [0, 0.05) is 20.5 Å². The number of amides is 2. The van der Waals surface area contributed by atoms with Crippen LogP contribution in [0.1, 0.15) is 22.8 Å². The van der Waals surface area contributed by atoms with Crippen LogP contribution in [0.4, 0.5) is 5.69 Å². The molecule has 7 atom stereocenters. The number of nitrogens with one attached hydrogen (secondary N) is 1. The van der Waals surface area contributed by atoms with Crippen molar-refractivity contribution < 1.29 is 14.3 Å². The summed E-state index contributed by atoms with van der Waals surface area (Å²) in [5, 5.41) is 1.12. The van der Waals surface area contributed by atoms with E-state index < -0.39 is 0 Å². The summed E-state index contributed by atoms with van der Waals surface area (Å²) >= 11 is 6.60. The molecule has 3 aromatic rings. The molecule has 1 N–H and O–H groups in total. The Balaban J connectivity index is 1.31. The van der Waals surface area contributed by atoms with Crippen LogP contribution in [0.5, 0.6) is 5.75 Å². The Morgan fingerprint density at radius 2 is 1.77 bits per heavy atom. The van der Waals surface area contributed by atoms with Crippen LogP contribution in [-0.4, -0.2) is 29.2 Å². The van der Waals surface area contributed by atoms with Crippen molar-refractivity contribution in [3.05, 3.63) is 73.1 Å². The van der Waals surface area contributed by atoms with Gasteiger partial charge in [0.1, 0.15) is 5.75 Å². The van der Waals surface area contributed by atoms with E-state index in [4.69, 9.17) is 4.74 Å². The summed E-state index contributed by atoms with van der Waals surface area (Å²) in [4.78, 5) is 45.3. The van der Waals surface area contributed by atoms with Crippen LogP contribution in [0.25, 0.3) is 0 Å². The van der Waals surface area contributed by atoms with E-state index in [1.807, 2.05) is 12.1 Å². The number of imide groups is 1. The zero-order chi connectivity index (χ0) is 24.0. The van der Waals surface area contributed by atoms with Gasteiger partial charge in [-0.25, -0.2) is 0 Å². The predicted octanol–water partition coefficient (Wildman–Crippen LogP) is 4.89. The lowest BCUT2D eigenvalue weighted by atomic mass is 9.68. The number of thioether (sulfide) groups is 1. The third-order valence-corrected chi connectivity index (χ3v) is 11.3. The molecule has 178 valence electrons. The molecule has 2 amide bonds. The number of rotatable bonds is 3. The Kier molecular flexibility index (Phi) is 4.89. The van der Waals surface area contributed by atoms with E-state index in [2.05, 4.69) is 33.0 Å². The number of nitrogens with zero attached hydrogens (tertiary/aromatic N) is 1. The number of thiazole rings is 1. The fraction of sp³-hybridized carbons (Fsp3) is 0.346. The molecule has 3 fully saturated rings. The second-order valence-corrected chi connectivity index (χ2v) is 12.8. The van der Waals surface area contributed by atoms with Gasteiger partial charge in [-0.15, -0.1) is 11.8 Å². The first kappa shape index (κ1) is 21.9. The van der Waals surface area contributed by atoms with Gasteiger partial charge in [-0.1, -0.05) is 39.4 Å². The van der Waals surface area contributed by atoms with E-state index in [1.54, 1.807) is 43.1 Å². The summed E-state index contributed by atoms with van der Waals surface area (Å²) in [6.07, 6.45) is 0.884. The summed E-state index contributed by atoms with van der Waals surface area (Å²) in [5.74, 6) is 0.387. The number of aromatic nitrogens is 1. The molecule has 6 nitrogen and oxygen atoms in total. The van der Waals surface area contributed by atoms with E-state index in [9.17, 15) is 14.4 Å². The first-order valence-corrected chi connectivity index (χ1v) is 14.1. The number of hydrogen-bond acceptors (Lipinski definition) is 6. The minimum Gasteiger partial charge on any atom is -0.497 e. The number of H-pyrrole nitrogens is 1. The first-order chi connectivity index (χ1) is 17.0. The molecule has 2 bridgehead atoms. The summed E-state index contributed by atoms with van der Waals surface area (Å²) in [6, 6.07) is 15.4. The number of fused-ring (bicyclic) bond motifs is 9. The second kappa shape index (κ2) is 7.82. The van der Waals surface area contributed by atoms with Gasteiger partial charge in [0.25, 0.3) is 0 Å². The number of anilines is 1. The smallest absolute Gasteiger partial charge is 0.305 e. The molecule has 2 aromatic carbocycles. The van der Waals surface area contributed by atoms with Gasteiger partial charge in [-0.3, -0.25) is 19.3 Å². The fourth-order valence-electron chi connectivity index (χ4n) is 7.08. The zero-order valence-corrected chi connectivity index (χ0v) is 21.9. The van der Waals surface area contributed by atoms with Crippen LogP contribution >= 0.6 is 39.0 Å². The molecule has 5 unspecified atom stereocenters. The highest BCUT2D eigenvalue weighted by molar-refractivity contribution is 9.10. The van der Waals surface area contributed by atoms with E-state index >= 15 is 0 Å². The lowest BCUT2D eigenvalue weighted by molar-refractivity contribution is -0.123. The second-order valence-electron chi connectivity index (χ2n) is 9.73. The van der Waals surface area contributed by atoms with Crippen molar-refractivity contribution in [2.75, 3.05) is 12.0 Å². The SMILES string of the molecule is COc1ccc(N2C(=O)C3C(C2=O)[C@@H]2C[C@H]3C3Sc4[nH]c(=O)sc4C(c4cccc(Br)c4)C32)cc1. The summed E-state index contributed by atoms with van der Waals surface area (Å²) < 4.78 is 6.24. The largest absolute Gasteiger partial charge is 0.497 e. The lowest BCUT2D eigenvalue weighted by Gasteiger charge is -2.43. The average molecular weight is 570 g/mol. The molecule has 0 spiro atoms. The lowest BCUT2D eigenvalue weighted by Crippen LogP contribution is -2.42. The quantitative estimate of drug-likeness (QED) is 0.455. The number of ether oxygens (including phenoxy) is 1. The maximum atomic E-state index is 13.8. The molecule has 2 aliphatic heterocycles. The van der Waals surface area contributed by atoms with Crippen molar-refractivity contribution >= 4 is 56.5 Å². The summed E-state index contributed by atoms with van der Waals surface area (Å²) in [7, 11) is 1.59. The maximum Gasteiger partial charge on any atom is 0.305 e. The van der Waals surface area contributed by atoms with Gasteiger partial charge < -0.3 is 9.72 Å².